The van der Waals surface area contributed by atoms with Crippen LogP contribution < -0.4 is 14.8 Å². The van der Waals surface area contributed by atoms with Crippen LogP contribution in [-0.4, -0.2) is 30.1 Å². The molecule has 1 aliphatic rings. The third-order valence-electron chi connectivity index (χ3n) is 4.34. The van der Waals surface area contributed by atoms with Gasteiger partial charge in [0.15, 0.2) is 11.5 Å². The molecule has 0 atom stereocenters. The lowest BCUT2D eigenvalue weighted by Crippen LogP contribution is -2.28. The van der Waals surface area contributed by atoms with E-state index in [0.717, 1.165) is 11.1 Å². The topological polar surface area (TPSA) is 67.9 Å². The zero-order chi connectivity index (χ0) is 20.1. The van der Waals surface area contributed by atoms with E-state index in [-0.39, 0.29) is 18.6 Å². The summed E-state index contributed by atoms with van der Waals surface area (Å²) in [6.07, 6.45) is 3.08. The number of ether oxygens (including phenoxy) is 2. The number of nitrogens with zero attached hydrogens (tertiary/aromatic N) is 1. The number of rotatable bonds is 6. The minimum Gasteiger partial charge on any atom is -0.454 e. The smallest absolute Gasteiger partial charge is 0.248 e. The Morgan fingerprint density at radius 1 is 1.25 bits per heavy atom. The van der Waals surface area contributed by atoms with Crippen LogP contribution >= 0.6 is 11.6 Å². The van der Waals surface area contributed by atoms with Gasteiger partial charge in [-0.1, -0.05) is 29.8 Å². The fourth-order valence-corrected chi connectivity index (χ4v) is 3.14. The van der Waals surface area contributed by atoms with Crippen molar-refractivity contribution in [3.63, 3.8) is 0 Å². The summed E-state index contributed by atoms with van der Waals surface area (Å²) in [5, 5.41) is 3.30. The van der Waals surface area contributed by atoms with Crippen LogP contribution in [0, 0.1) is 0 Å². The zero-order valence-corrected chi connectivity index (χ0v) is 16.5. The Bertz CT molecular complexity index is 927. The molecule has 0 saturated carbocycles. The fourth-order valence-electron chi connectivity index (χ4n) is 2.86. The summed E-state index contributed by atoms with van der Waals surface area (Å²) in [6.45, 7) is 4.62. The number of carbonyl (C=O) groups is 2. The quantitative estimate of drug-likeness (QED) is 0.741. The van der Waals surface area contributed by atoms with Crippen LogP contribution in [0.3, 0.4) is 0 Å². The summed E-state index contributed by atoms with van der Waals surface area (Å²) < 4.78 is 10.6. The van der Waals surface area contributed by atoms with Crippen molar-refractivity contribution in [1.82, 2.24) is 4.90 Å². The van der Waals surface area contributed by atoms with Crippen LogP contribution in [0.5, 0.6) is 11.5 Å². The van der Waals surface area contributed by atoms with Gasteiger partial charge in [-0.3, -0.25) is 9.59 Å². The van der Waals surface area contributed by atoms with Gasteiger partial charge in [-0.15, -0.1) is 0 Å². The molecule has 0 unspecified atom stereocenters. The Morgan fingerprint density at radius 3 is 2.79 bits per heavy atom. The molecule has 6 nitrogen and oxygen atoms in total. The van der Waals surface area contributed by atoms with Crippen LogP contribution in [0.2, 0.25) is 5.02 Å². The highest BCUT2D eigenvalue weighted by molar-refractivity contribution is 6.32. The first kappa shape index (κ1) is 19.8. The highest BCUT2D eigenvalue weighted by Crippen LogP contribution is 2.40. The van der Waals surface area contributed by atoms with E-state index in [2.05, 4.69) is 5.32 Å². The largest absolute Gasteiger partial charge is 0.454 e. The van der Waals surface area contributed by atoms with Crippen LogP contribution in [0.4, 0.5) is 5.69 Å². The van der Waals surface area contributed by atoms with Gasteiger partial charge in [-0.05, 0) is 42.3 Å². The second kappa shape index (κ2) is 8.80. The number of halogens is 1. The van der Waals surface area contributed by atoms with Crippen molar-refractivity contribution in [1.29, 1.82) is 0 Å². The maximum atomic E-state index is 12.4. The summed E-state index contributed by atoms with van der Waals surface area (Å²) >= 11 is 6.16. The SMILES string of the molecule is CCN(Cc1ccccc1NC(=O)/C=C/c1cc(Cl)c2c(c1)OCO2)C(C)=O. The number of para-hydroxylation sites is 1. The minimum atomic E-state index is -0.285. The van der Waals surface area contributed by atoms with E-state index in [1.54, 1.807) is 23.1 Å². The zero-order valence-electron chi connectivity index (χ0n) is 15.7. The maximum absolute atomic E-state index is 12.4. The number of hydrogen-bond donors (Lipinski definition) is 1. The van der Waals surface area contributed by atoms with Gasteiger partial charge in [0.25, 0.3) is 0 Å². The van der Waals surface area contributed by atoms with Crippen LogP contribution in [0.25, 0.3) is 6.08 Å². The number of carbonyl (C=O) groups excluding carboxylic acids is 2. The molecule has 1 N–H and O–H groups in total. The predicted molar refractivity (Wildman–Crippen MR) is 108 cm³/mol. The van der Waals surface area contributed by atoms with E-state index in [4.69, 9.17) is 21.1 Å². The molecular weight excluding hydrogens is 380 g/mol. The van der Waals surface area contributed by atoms with Crippen LogP contribution in [0.1, 0.15) is 25.0 Å². The normalized spacial score (nSPS) is 12.2. The average molecular weight is 401 g/mol. The number of anilines is 1. The lowest BCUT2D eigenvalue weighted by atomic mass is 10.1. The van der Waals surface area contributed by atoms with Gasteiger partial charge < -0.3 is 19.7 Å². The summed E-state index contributed by atoms with van der Waals surface area (Å²) in [5.41, 5.74) is 2.26. The predicted octanol–water partition coefficient (Wildman–Crippen LogP) is 4.09. The Kier molecular flexibility index (Phi) is 6.21. The highest BCUT2D eigenvalue weighted by atomic mass is 35.5. The minimum absolute atomic E-state index is 0.0109. The summed E-state index contributed by atoms with van der Waals surface area (Å²) in [4.78, 5) is 25.8. The summed E-state index contributed by atoms with van der Waals surface area (Å²) in [6, 6.07) is 10.9. The standard InChI is InChI=1S/C21H21ClN2O4/c1-3-24(14(2)25)12-16-6-4-5-7-18(16)23-20(26)9-8-15-10-17(22)21-19(11-15)27-13-28-21/h4-11H,3,12-13H2,1-2H3,(H,23,26)/b9-8+. The number of hydrogen-bond acceptors (Lipinski definition) is 4. The van der Waals surface area contributed by atoms with Crippen molar-refractivity contribution >= 4 is 35.2 Å². The molecule has 1 heterocycles. The van der Waals surface area contributed by atoms with Gasteiger partial charge in [0, 0.05) is 31.8 Å². The fraction of sp³-hybridized carbons (Fsp3) is 0.238. The maximum Gasteiger partial charge on any atom is 0.248 e. The van der Waals surface area contributed by atoms with Crippen molar-refractivity contribution in [3.05, 3.63) is 58.6 Å². The molecule has 0 aromatic heterocycles. The van der Waals surface area contributed by atoms with Crippen LogP contribution in [-0.2, 0) is 16.1 Å². The molecule has 2 aromatic rings. The Hall–Kier alpha value is -2.99. The molecule has 2 amide bonds. The molecule has 0 aliphatic carbocycles. The first-order valence-electron chi connectivity index (χ1n) is 8.89. The molecule has 0 fully saturated rings. The second-order valence-corrected chi connectivity index (χ2v) is 6.66. The summed E-state index contributed by atoms with van der Waals surface area (Å²) in [7, 11) is 0. The van der Waals surface area contributed by atoms with Gasteiger partial charge in [-0.25, -0.2) is 0 Å². The number of nitrogens with one attached hydrogen (secondary N) is 1. The van der Waals surface area contributed by atoms with Crippen LogP contribution in [0.15, 0.2) is 42.5 Å². The monoisotopic (exact) mass is 400 g/mol. The molecule has 146 valence electrons. The molecule has 7 heteroatoms. The van der Waals surface area contributed by atoms with Crippen molar-refractivity contribution < 1.29 is 19.1 Å². The lowest BCUT2D eigenvalue weighted by Gasteiger charge is -2.20. The molecule has 1 aliphatic heterocycles. The molecule has 2 aromatic carbocycles. The molecule has 0 radical (unpaired) electrons. The van der Waals surface area contributed by atoms with Crippen molar-refractivity contribution in [2.75, 3.05) is 18.7 Å². The molecule has 3 rings (SSSR count). The number of benzene rings is 2. The van der Waals surface area contributed by atoms with Gasteiger partial charge in [0.1, 0.15) is 0 Å². The van der Waals surface area contributed by atoms with E-state index in [9.17, 15) is 9.59 Å². The Balaban J connectivity index is 1.71. The third kappa shape index (κ3) is 4.64. The molecule has 0 bridgehead atoms. The van der Waals surface area contributed by atoms with E-state index in [1.807, 2.05) is 31.2 Å². The number of fused-ring (bicyclic) bond motifs is 1. The second-order valence-electron chi connectivity index (χ2n) is 6.25. The average Bonchev–Trinajstić information content (AvgIpc) is 3.14. The third-order valence-corrected chi connectivity index (χ3v) is 4.62. The van der Waals surface area contributed by atoms with E-state index >= 15 is 0 Å². The van der Waals surface area contributed by atoms with E-state index in [0.29, 0.717) is 35.3 Å². The number of amides is 2. The van der Waals surface area contributed by atoms with E-state index < -0.39 is 0 Å². The van der Waals surface area contributed by atoms with Crippen molar-refractivity contribution in [2.24, 2.45) is 0 Å². The first-order valence-corrected chi connectivity index (χ1v) is 9.27. The Labute approximate surface area is 168 Å². The molecule has 28 heavy (non-hydrogen) atoms. The molecule has 0 saturated heterocycles. The van der Waals surface area contributed by atoms with Gasteiger partial charge in [0.05, 0.1) is 5.02 Å². The van der Waals surface area contributed by atoms with Crippen molar-refractivity contribution in [3.8, 4) is 11.5 Å². The summed E-state index contributed by atoms with van der Waals surface area (Å²) in [5.74, 6) is 0.778. The first-order chi connectivity index (χ1) is 13.5. The van der Waals surface area contributed by atoms with Gasteiger partial charge in [0.2, 0.25) is 18.6 Å². The van der Waals surface area contributed by atoms with Crippen molar-refractivity contribution in [2.45, 2.75) is 20.4 Å². The lowest BCUT2D eigenvalue weighted by molar-refractivity contribution is -0.129. The molecular formula is C21H21ClN2O4. The Morgan fingerprint density at radius 2 is 2.04 bits per heavy atom. The van der Waals surface area contributed by atoms with Gasteiger partial charge in [-0.2, -0.15) is 0 Å². The highest BCUT2D eigenvalue weighted by Gasteiger charge is 2.17. The van der Waals surface area contributed by atoms with E-state index in [1.165, 1.54) is 13.0 Å². The molecule has 0 spiro atoms. The van der Waals surface area contributed by atoms with Gasteiger partial charge >= 0.3 is 0 Å².